The van der Waals surface area contributed by atoms with Gasteiger partial charge < -0.3 is 0 Å². The van der Waals surface area contributed by atoms with Crippen LogP contribution >= 0.6 is 11.8 Å². The zero-order valence-corrected chi connectivity index (χ0v) is 11.2. The molecule has 0 aliphatic carbocycles. The van der Waals surface area contributed by atoms with Crippen molar-refractivity contribution in [1.29, 1.82) is 0 Å². The van der Waals surface area contributed by atoms with E-state index in [0.29, 0.717) is 10.2 Å². The van der Waals surface area contributed by atoms with Gasteiger partial charge in [0.2, 0.25) is 0 Å². The van der Waals surface area contributed by atoms with Crippen LogP contribution in [0.4, 0.5) is 10.1 Å². The summed E-state index contributed by atoms with van der Waals surface area (Å²) >= 11 is 1.06. The minimum Gasteiger partial charge on any atom is -0.258 e. The standard InChI is InChI=1S/C13H7FN4O2S/c14-9-2-3-10(18(19)20)8-4-7-15-12(11(8)9)21-13-16-5-1-6-17-13/h1-7H. The van der Waals surface area contributed by atoms with Crippen molar-refractivity contribution >= 4 is 28.2 Å². The average Bonchev–Trinajstić information content (AvgIpc) is 2.48. The van der Waals surface area contributed by atoms with E-state index in [-0.39, 0.29) is 16.5 Å². The molecule has 3 aromatic rings. The van der Waals surface area contributed by atoms with E-state index in [9.17, 15) is 14.5 Å². The van der Waals surface area contributed by atoms with Crippen molar-refractivity contribution < 1.29 is 9.31 Å². The summed E-state index contributed by atoms with van der Waals surface area (Å²) in [5.74, 6) is -0.567. The topological polar surface area (TPSA) is 81.8 Å². The van der Waals surface area contributed by atoms with Gasteiger partial charge in [-0.05, 0) is 30.0 Å². The molecule has 0 unspecified atom stereocenters. The van der Waals surface area contributed by atoms with Crippen LogP contribution in [0.2, 0.25) is 0 Å². The number of pyridine rings is 1. The lowest BCUT2D eigenvalue weighted by Crippen LogP contribution is -1.94. The molecule has 2 aromatic heterocycles. The first-order chi connectivity index (χ1) is 10.2. The van der Waals surface area contributed by atoms with Crippen LogP contribution in [0.15, 0.2) is 53.0 Å². The van der Waals surface area contributed by atoms with Gasteiger partial charge >= 0.3 is 0 Å². The van der Waals surface area contributed by atoms with Gasteiger partial charge in [0.25, 0.3) is 5.69 Å². The smallest absolute Gasteiger partial charge is 0.258 e. The molecule has 0 saturated carbocycles. The van der Waals surface area contributed by atoms with Crippen molar-refractivity contribution in [2.45, 2.75) is 10.2 Å². The molecule has 6 nitrogen and oxygen atoms in total. The summed E-state index contributed by atoms with van der Waals surface area (Å²) in [6, 6.07) is 5.29. The first-order valence-electron chi connectivity index (χ1n) is 5.83. The number of halogens is 1. The first kappa shape index (κ1) is 13.4. The third-order valence-corrected chi connectivity index (χ3v) is 3.64. The van der Waals surface area contributed by atoms with Crippen LogP contribution in [-0.4, -0.2) is 19.9 Å². The highest BCUT2D eigenvalue weighted by Crippen LogP contribution is 2.35. The highest BCUT2D eigenvalue weighted by Gasteiger charge is 2.18. The molecule has 0 spiro atoms. The normalized spacial score (nSPS) is 10.7. The number of hydrogen-bond acceptors (Lipinski definition) is 6. The van der Waals surface area contributed by atoms with Gasteiger partial charge in [-0.2, -0.15) is 0 Å². The van der Waals surface area contributed by atoms with Gasteiger partial charge in [0, 0.05) is 24.7 Å². The van der Waals surface area contributed by atoms with E-state index in [1.165, 1.54) is 12.3 Å². The predicted octanol–water partition coefficient (Wildman–Crippen LogP) is 3.22. The van der Waals surface area contributed by atoms with E-state index in [1.807, 2.05) is 0 Å². The number of hydrogen-bond donors (Lipinski definition) is 0. The van der Waals surface area contributed by atoms with Gasteiger partial charge in [-0.25, -0.2) is 19.3 Å². The zero-order valence-electron chi connectivity index (χ0n) is 10.4. The molecule has 0 bridgehead atoms. The Kier molecular flexibility index (Phi) is 3.44. The number of aromatic nitrogens is 3. The third kappa shape index (κ3) is 2.52. The molecular formula is C13H7FN4O2S. The fraction of sp³-hybridized carbons (Fsp3) is 0. The van der Waals surface area contributed by atoms with Crippen LogP contribution < -0.4 is 0 Å². The van der Waals surface area contributed by atoms with E-state index >= 15 is 0 Å². The molecule has 0 aliphatic rings. The summed E-state index contributed by atoms with van der Waals surface area (Å²) in [4.78, 5) is 22.6. The number of benzene rings is 1. The van der Waals surface area contributed by atoms with Gasteiger partial charge in [-0.1, -0.05) is 0 Å². The molecule has 0 N–H and O–H groups in total. The predicted molar refractivity (Wildman–Crippen MR) is 74.5 cm³/mol. The lowest BCUT2D eigenvalue weighted by molar-refractivity contribution is -0.383. The van der Waals surface area contributed by atoms with Crippen LogP contribution in [0.1, 0.15) is 0 Å². The number of nitro groups is 1. The first-order valence-corrected chi connectivity index (χ1v) is 6.65. The highest BCUT2D eigenvalue weighted by atomic mass is 32.2. The molecule has 8 heteroatoms. The second-order valence-electron chi connectivity index (χ2n) is 4.00. The lowest BCUT2D eigenvalue weighted by atomic mass is 10.1. The Morgan fingerprint density at radius 1 is 1.10 bits per heavy atom. The molecule has 0 atom stereocenters. The summed E-state index contributed by atoms with van der Waals surface area (Å²) in [6.45, 7) is 0. The van der Waals surface area contributed by atoms with Gasteiger partial charge in [-0.15, -0.1) is 0 Å². The number of non-ortho nitro benzene ring substituents is 1. The fourth-order valence-electron chi connectivity index (χ4n) is 1.87. The van der Waals surface area contributed by atoms with Gasteiger partial charge in [0.15, 0.2) is 5.16 Å². The SMILES string of the molecule is O=[N+]([O-])c1ccc(F)c2c(Sc3ncccn3)nccc12. The van der Waals surface area contributed by atoms with Crippen LogP contribution in [-0.2, 0) is 0 Å². The summed E-state index contributed by atoms with van der Waals surface area (Å²) in [6.07, 6.45) is 4.51. The van der Waals surface area contributed by atoms with Gasteiger partial charge in [0.1, 0.15) is 10.8 Å². The van der Waals surface area contributed by atoms with Crippen molar-refractivity contribution in [2.24, 2.45) is 0 Å². The molecule has 0 saturated heterocycles. The molecule has 1 aromatic carbocycles. The summed E-state index contributed by atoms with van der Waals surface area (Å²) in [5.41, 5.74) is -0.162. The van der Waals surface area contributed by atoms with E-state index in [0.717, 1.165) is 23.9 Å². The highest BCUT2D eigenvalue weighted by molar-refractivity contribution is 7.99. The second-order valence-corrected chi connectivity index (χ2v) is 4.95. The average molecular weight is 302 g/mol. The van der Waals surface area contributed by atoms with Crippen LogP contribution in [0, 0.1) is 15.9 Å². The Hall–Kier alpha value is -2.61. The van der Waals surface area contributed by atoms with Crippen molar-refractivity contribution in [2.75, 3.05) is 0 Å². The molecule has 21 heavy (non-hydrogen) atoms. The summed E-state index contributed by atoms with van der Waals surface area (Å²) < 4.78 is 14.1. The number of rotatable bonds is 3. The third-order valence-electron chi connectivity index (χ3n) is 2.75. The molecular weight excluding hydrogens is 295 g/mol. The zero-order chi connectivity index (χ0) is 14.8. The van der Waals surface area contributed by atoms with Crippen molar-refractivity contribution in [3.8, 4) is 0 Å². The van der Waals surface area contributed by atoms with Crippen molar-refractivity contribution in [1.82, 2.24) is 15.0 Å². The lowest BCUT2D eigenvalue weighted by Gasteiger charge is -2.05. The molecule has 0 amide bonds. The number of nitro benzene ring substituents is 1. The molecule has 104 valence electrons. The molecule has 0 radical (unpaired) electrons. The maximum absolute atomic E-state index is 14.1. The van der Waals surface area contributed by atoms with Gasteiger partial charge in [-0.3, -0.25) is 10.1 Å². The summed E-state index contributed by atoms with van der Waals surface area (Å²) in [7, 11) is 0. The monoisotopic (exact) mass is 302 g/mol. The molecule has 2 heterocycles. The number of fused-ring (bicyclic) bond motifs is 1. The Morgan fingerprint density at radius 2 is 1.86 bits per heavy atom. The maximum atomic E-state index is 14.1. The summed E-state index contributed by atoms with van der Waals surface area (Å²) in [5, 5.41) is 12.0. The Bertz CT molecular complexity index is 829. The van der Waals surface area contributed by atoms with E-state index < -0.39 is 10.7 Å². The van der Waals surface area contributed by atoms with E-state index in [1.54, 1.807) is 18.5 Å². The van der Waals surface area contributed by atoms with E-state index in [4.69, 9.17) is 0 Å². The molecule has 3 rings (SSSR count). The minimum atomic E-state index is -0.567. The van der Waals surface area contributed by atoms with Crippen LogP contribution in [0.5, 0.6) is 0 Å². The van der Waals surface area contributed by atoms with Crippen molar-refractivity contribution in [3.63, 3.8) is 0 Å². The van der Waals surface area contributed by atoms with Gasteiger partial charge in [0.05, 0.1) is 15.7 Å². The number of nitrogens with zero attached hydrogens (tertiary/aromatic N) is 4. The minimum absolute atomic E-state index is 0.101. The van der Waals surface area contributed by atoms with E-state index in [2.05, 4.69) is 15.0 Å². The maximum Gasteiger partial charge on any atom is 0.277 e. The Labute approximate surface area is 122 Å². The Morgan fingerprint density at radius 3 is 2.57 bits per heavy atom. The van der Waals surface area contributed by atoms with Crippen molar-refractivity contribution in [3.05, 3.63) is 58.8 Å². The van der Waals surface area contributed by atoms with Crippen LogP contribution in [0.3, 0.4) is 0 Å². The molecule has 0 fully saturated rings. The molecule has 0 aliphatic heterocycles. The second kappa shape index (κ2) is 5.41. The van der Waals surface area contributed by atoms with Crippen LogP contribution in [0.25, 0.3) is 10.8 Å². The largest absolute Gasteiger partial charge is 0.277 e. The Balaban J connectivity index is 2.20. The quantitative estimate of drug-likeness (QED) is 0.420. The fourth-order valence-corrected chi connectivity index (χ4v) is 2.70.